The number of likely N-dealkylation sites (tertiary alicyclic amines) is 1. The van der Waals surface area contributed by atoms with Crippen molar-refractivity contribution in [3.63, 3.8) is 0 Å². The fourth-order valence-corrected chi connectivity index (χ4v) is 2.87. The molecule has 1 fully saturated rings. The van der Waals surface area contributed by atoms with E-state index in [9.17, 15) is 8.78 Å². The summed E-state index contributed by atoms with van der Waals surface area (Å²) in [6, 6.07) is 3.55. The Morgan fingerprint density at radius 1 is 1.30 bits per heavy atom. The SMILES string of the molecule is CCOC1CCN(C(CN)c2c(F)cccc2F)CC1. The lowest BCUT2D eigenvalue weighted by molar-refractivity contribution is 0.00382. The van der Waals surface area contributed by atoms with Crippen molar-refractivity contribution in [1.82, 2.24) is 4.90 Å². The molecule has 1 saturated heterocycles. The Hall–Kier alpha value is -1.04. The minimum absolute atomic E-state index is 0.0878. The molecule has 0 spiro atoms. The molecule has 1 aliphatic heterocycles. The molecule has 2 N–H and O–H groups in total. The largest absolute Gasteiger partial charge is 0.378 e. The van der Waals surface area contributed by atoms with Crippen molar-refractivity contribution >= 4 is 0 Å². The van der Waals surface area contributed by atoms with E-state index in [1.54, 1.807) is 0 Å². The number of nitrogens with zero attached hydrogens (tertiary/aromatic N) is 1. The lowest BCUT2D eigenvalue weighted by Crippen LogP contribution is -2.42. The number of hydrogen-bond donors (Lipinski definition) is 1. The quantitative estimate of drug-likeness (QED) is 0.902. The van der Waals surface area contributed by atoms with E-state index in [2.05, 4.69) is 4.90 Å². The van der Waals surface area contributed by atoms with Gasteiger partial charge in [-0.05, 0) is 31.9 Å². The summed E-state index contributed by atoms with van der Waals surface area (Å²) < 4.78 is 33.4. The fraction of sp³-hybridized carbons (Fsp3) is 0.600. The molecule has 1 aromatic carbocycles. The molecular weight excluding hydrogens is 262 g/mol. The van der Waals surface area contributed by atoms with Gasteiger partial charge in [0.1, 0.15) is 11.6 Å². The lowest BCUT2D eigenvalue weighted by atomic mass is 9.99. The van der Waals surface area contributed by atoms with Crippen LogP contribution in [0.25, 0.3) is 0 Å². The van der Waals surface area contributed by atoms with Gasteiger partial charge in [0.2, 0.25) is 0 Å². The Balaban J connectivity index is 2.10. The zero-order valence-corrected chi connectivity index (χ0v) is 11.8. The topological polar surface area (TPSA) is 38.5 Å². The van der Waals surface area contributed by atoms with Gasteiger partial charge in [0.25, 0.3) is 0 Å². The molecular formula is C15H22F2N2O. The molecule has 5 heteroatoms. The summed E-state index contributed by atoms with van der Waals surface area (Å²) in [6.45, 7) is 4.38. The third-order valence-corrected chi connectivity index (χ3v) is 3.88. The predicted octanol–water partition coefficient (Wildman–Crippen LogP) is 2.47. The number of piperidine rings is 1. The van der Waals surface area contributed by atoms with Crippen LogP contribution in [-0.4, -0.2) is 37.2 Å². The first-order valence-electron chi connectivity index (χ1n) is 7.17. The van der Waals surface area contributed by atoms with Crippen LogP contribution in [0.2, 0.25) is 0 Å². The number of rotatable bonds is 5. The molecule has 20 heavy (non-hydrogen) atoms. The lowest BCUT2D eigenvalue weighted by Gasteiger charge is -2.37. The summed E-state index contributed by atoms with van der Waals surface area (Å²) in [5.74, 6) is -1.04. The first-order chi connectivity index (χ1) is 9.67. The smallest absolute Gasteiger partial charge is 0.130 e. The normalized spacial score (nSPS) is 19.2. The summed E-state index contributed by atoms with van der Waals surface area (Å²) in [6.07, 6.45) is 2.00. The van der Waals surface area contributed by atoms with Gasteiger partial charge >= 0.3 is 0 Å². The highest BCUT2D eigenvalue weighted by Gasteiger charge is 2.28. The molecule has 0 amide bonds. The van der Waals surface area contributed by atoms with E-state index in [1.807, 2.05) is 6.92 Å². The molecule has 112 valence electrons. The monoisotopic (exact) mass is 284 g/mol. The van der Waals surface area contributed by atoms with Gasteiger partial charge < -0.3 is 10.5 Å². The van der Waals surface area contributed by atoms with Gasteiger partial charge in [-0.25, -0.2) is 8.78 Å². The molecule has 1 aromatic rings. The van der Waals surface area contributed by atoms with Crippen LogP contribution >= 0.6 is 0 Å². The minimum atomic E-state index is -0.521. The van der Waals surface area contributed by atoms with Crippen LogP contribution in [-0.2, 0) is 4.74 Å². The highest BCUT2D eigenvalue weighted by Crippen LogP contribution is 2.28. The average Bonchev–Trinajstić information content (AvgIpc) is 2.45. The molecule has 0 aromatic heterocycles. The van der Waals surface area contributed by atoms with Crippen LogP contribution in [0, 0.1) is 11.6 Å². The van der Waals surface area contributed by atoms with E-state index < -0.39 is 17.7 Å². The second-order valence-corrected chi connectivity index (χ2v) is 5.08. The Morgan fingerprint density at radius 3 is 2.40 bits per heavy atom. The van der Waals surface area contributed by atoms with Gasteiger partial charge in [-0.1, -0.05) is 6.07 Å². The van der Waals surface area contributed by atoms with Crippen LogP contribution in [0.3, 0.4) is 0 Å². The second-order valence-electron chi connectivity index (χ2n) is 5.08. The standard InChI is InChI=1S/C15H22F2N2O/c1-2-20-11-6-8-19(9-7-11)14(10-18)15-12(16)4-3-5-13(15)17/h3-5,11,14H,2,6-10,18H2,1H3. The summed E-state index contributed by atoms with van der Waals surface area (Å²) in [4.78, 5) is 2.05. The molecule has 1 heterocycles. The van der Waals surface area contributed by atoms with E-state index in [-0.39, 0.29) is 18.2 Å². The predicted molar refractivity (Wildman–Crippen MR) is 74.4 cm³/mol. The number of benzene rings is 1. The molecule has 1 unspecified atom stereocenters. The summed E-state index contributed by atoms with van der Waals surface area (Å²) >= 11 is 0. The van der Waals surface area contributed by atoms with Crippen molar-refractivity contribution in [1.29, 1.82) is 0 Å². The summed E-state index contributed by atoms with van der Waals surface area (Å²) in [5.41, 5.74) is 5.85. The molecule has 0 saturated carbocycles. The van der Waals surface area contributed by atoms with Crippen molar-refractivity contribution < 1.29 is 13.5 Å². The number of ether oxygens (including phenoxy) is 1. The van der Waals surface area contributed by atoms with Crippen molar-refractivity contribution in [2.45, 2.75) is 31.9 Å². The fourth-order valence-electron chi connectivity index (χ4n) is 2.87. The van der Waals surface area contributed by atoms with Crippen molar-refractivity contribution in [2.24, 2.45) is 5.73 Å². The molecule has 0 aliphatic carbocycles. The third kappa shape index (κ3) is 3.34. The van der Waals surface area contributed by atoms with Gasteiger partial charge in [-0.2, -0.15) is 0 Å². The number of nitrogens with two attached hydrogens (primary N) is 1. The Morgan fingerprint density at radius 2 is 1.90 bits per heavy atom. The van der Waals surface area contributed by atoms with Crippen LogP contribution in [0.4, 0.5) is 8.78 Å². The van der Waals surface area contributed by atoms with E-state index in [1.165, 1.54) is 18.2 Å². The van der Waals surface area contributed by atoms with E-state index >= 15 is 0 Å². The van der Waals surface area contributed by atoms with Crippen LogP contribution in [0.5, 0.6) is 0 Å². The van der Waals surface area contributed by atoms with E-state index in [4.69, 9.17) is 10.5 Å². The Labute approximate surface area is 118 Å². The van der Waals surface area contributed by atoms with Crippen LogP contribution in [0.15, 0.2) is 18.2 Å². The maximum absolute atomic E-state index is 13.9. The minimum Gasteiger partial charge on any atom is -0.378 e. The van der Waals surface area contributed by atoms with Crippen molar-refractivity contribution in [3.8, 4) is 0 Å². The van der Waals surface area contributed by atoms with Gasteiger partial charge in [0, 0.05) is 31.8 Å². The average molecular weight is 284 g/mol. The summed E-state index contributed by atoms with van der Waals surface area (Å²) in [7, 11) is 0. The first-order valence-corrected chi connectivity index (χ1v) is 7.17. The number of halogens is 2. The number of hydrogen-bond acceptors (Lipinski definition) is 3. The van der Waals surface area contributed by atoms with Crippen LogP contribution < -0.4 is 5.73 Å². The second kappa shape index (κ2) is 7.11. The highest BCUT2D eigenvalue weighted by atomic mass is 19.1. The van der Waals surface area contributed by atoms with Gasteiger partial charge in [0.15, 0.2) is 0 Å². The molecule has 1 aliphatic rings. The zero-order chi connectivity index (χ0) is 14.5. The Kier molecular flexibility index (Phi) is 5.46. The molecule has 2 rings (SSSR count). The van der Waals surface area contributed by atoms with Crippen molar-refractivity contribution in [2.75, 3.05) is 26.2 Å². The van der Waals surface area contributed by atoms with E-state index in [0.29, 0.717) is 6.61 Å². The van der Waals surface area contributed by atoms with Gasteiger partial charge in [0.05, 0.1) is 12.1 Å². The third-order valence-electron chi connectivity index (χ3n) is 3.88. The maximum atomic E-state index is 13.9. The molecule has 0 bridgehead atoms. The van der Waals surface area contributed by atoms with E-state index in [0.717, 1.165) is 25.9 Å². The van der Waals surface area contributed by atoms with Gasteiger partial charge in [-0.3, -0.25) is 4.90 Å². The first kappa shape index (κ1) is 15.4. The summed E-state index contributed by atoms with van der Waals surface area (Å²) in [5, 5.41) is 0. The zero-order valence-electron chi connectivity index (χ0n) is 11.8. The van der Waals surface area contributed by atoms with Crippen molar-refractivity contribution in [3.05, 3.63) is 35.4 Å². The molecule has 1 atom stereocenters. The highest BCUT2D eigenvalue weighted by molar-refractivity contribution is 5.24. The Bertz CT molecular complexity index is 414. The van der Waals surface area contributed by atoms with Crippen LogP contribution in [0.1, 0.15) is 31.4 Å². The molecule has 3 nitrogen and oxygen atoms in total. The molecule has 0 radical (unpaired) electrons. The maximum Gasteiger partial charge on any atom is 0.130 e. The van der Waals surface area contributed by atoms with Gasteiger partial charge in [-0.15, -0.1) is 0 Å².